The fourth-order valence-corrected chi connectivity index (χ4v) is 7.14. The molecule has 51 heavy (non-hydrogen) atoms. The number of ether oxygens (including phenoxy) is 3. The van der Waals surface area contributed by atoms with Crippen molar-refractivity contribution in [2.45, 2.75) is 77.1 Å². The van der Waals surface area contributed by atoms with Crippen molar-refractivity contribution in [3.63, 3.8) is 0 Å². The fourth-order valence-electron chi connectivity index (χ4n) is 7.14. The Kier molecular flexibility index (Phi) is 11.0. The molecule has 0 unspecified atom stereocenters. The van der Waals surface area contributed by atoms with Gasteiger partial charge in [-0.1, -0.05) is 54.6 Å². The lowest BCUT2D eigenvalue weighted by Crippen LogP contribution is -2.51. The van der Waals surface area contributed by atoms with Gasteiger partial charge in [0.15, 0.2) is 6.61 Å². The van der Waals surface area contributed by atoms with Gasteiger partial charge in [-0.2, -0.15) is 0 Å². The van der Waals surface area contributed by atoms with Crippen molar-refractivity contribution in [3.05, 3.63) is 90.1 Å². The molecule has 10 heteroatoms. The van der Waals surface area contributed by atoms with E-state index in [2.05, 4.69) is 39.9 Å². The molecule has 2 aliphatic rings. The van der Waals surface area contributed by atoms with Gasteiger partial charge in [-0.15, -0.1) is 0 Å². The van der Waals surface area contributed by atoms with Gasteiger partial charge in [0, 0.05) is 63.0 Å². The molecule has 0 spiro atoms. The lowest BCUT2D eigenvalue weighted by atomic mass is 9.79. The van der Waals surface area contributed by atoms with Gasteiger partial charge in [0.1, 0.15) is 11.4 Å². The van der Waals surface area contributed by atoms with Gasteiger partial charge in [-0.3, -0.25) is 4.79 Å². The minimum absolute atomic E-state index is 0.0569. The molecule has 2 atom stereocenters. The van der Waals surface area contributed by atoms with E-state index in [0.717, 1.165) is 59.0 Å². The van der Waals surface area contributed by atoms with Gasteiger partial charge in [-0.05, 0) is 92.8 Å². The van der Waals surface area contributed by atoms with Crippen LogP contribution < -0.4 is 4.74 Å². The van der Waals surface area contributed by atoms with Crippen LogP contribution in [0.4, 0.5) is 4.79 Å². The van der Waals surface area contributed by atoms with Crippen LogP contribution in [0.5, 0.6) is 5.75 Å². The minimum Gasteiger partial charge on any atom is -0.482 e. The quantitative estimate of drug-likeness (QED) is 0.146. The van der Waals surface area contributed by atoms with Gasteiger partial charge >= 0.3 is 12.1 Å². The Balaban J connectivity index is 1.31. The summed E-state index contributed by atoms with van der Waals surface area (Å²) in [7, 11) is 1.72. The number of carboxylic acid groups (broad SMARTS) is 1. The average Bonchev–Trinajstić information content (AvgIpc) is 3.90. The molecular weight excluding hydrogens is 646 g/mol. The van der Waals surface area contributed by atoms with Crippen LogP contribution in [0.1, 0.15) is 63.5 Å². The average molecular weight is 696 g/mol. The van der Waals surface area contributed by atoms with Gasteiger partial charge < -0.3 is 33.7 Å². The first kappa shape index (κ1) is 36.0. The van der Waals surface area contributed by atoms with E-state index in [1.807, 2.05) is 63.2 Å². The highest BCUT2D eigenvalue weighted by atomic mass is 16.6. The molecule has 10 nitrogen and oxygen atoms in total. The first-order valence-corrected chi connectivity index (χ1v) is 17.9. The molecule has 2 fully saturated rings. The number of amides is 2. The summed E-state index contributed by atoms with van der Waals surface area (Å²) >= 11 is 0. The number of rotatable bonds is 13. The van der Waals surface area contributed by atoms with Crippen LogP contribution in [0.3, 0.4) is 0 Å². The molecule has 0 radical (unpaired) electrons. The number of para-hydroxylation sites is 1. The number of nitrogens with zero attached hydrogens (tertiary/aromatic N) is 3. The molecule has 1 aromatic heterocycles. The number of carboxylic acids is 1. The number of piperidine rings is 1. The second-order valence-corrected chi connectivity index (χ2v) is 14.7. The first-order valence-electron chi connectivity index (χ1n) is 17.9. The smallest absolute Gasteiger partial charge is 0.410 e. The topological polar surface area (TPSA) is 111 Å². The first-order chi connectivity index (χ1) is 24.5. The van der Waals surface area contributed by atoms with Crippen LogP contribution in [0, 0.1) is 5.92 Å². The monoisotopic (exact) mass is 695 g/mol. The summed E-state index contributed by atoms with van der Waals surface area (Å²) in [5.74, 6) is -1.11. The zero-order valence-electron chi connectivity index (χ0n) is 30.0. The predicted octanol–water partition coefficient (Wildman–Crippen LogP) is 7.34. The zero-order chi connectivity index (χ0) is 36.1. The predicted molar refractivity (Wildman–Crippen MR) is 196 cm³/mol. The van der Waals surface area contributed by atoms with Crippen molar-refractivity contribution in [2.75, 3.05) is 33.4 Å². The summed E-state index contributed by atoms with van der Waals surface area (Å²) in [5, 5.41) is 10.2. The number of aliphatic carboxylic acids is 1. The Morgan fingerprint density at radius 1 is 0.941 bits per heavy atom. The number of carbonyl (C=O) groups is 3. The molecule has 3 aromatic carbocycles. The maximum atomic E-state index is 15.0. The Morgan fingerprint density at radius 2 is 1.69 bits per heavy atom. The molecule has 270 valence electrons. The number of hydrogen-bond acceptors (Lipinski definition) is 6. The molecule has 1 saturated heterocycles. The highest BCUT2D eigenvalue weighted by Crippen LogP contribution is 2.40. The molecule has 6 rings (SSSR count). The molecule has 2 amide bonds. The summed E-state index contributed by atoms with van der Waals surface area (Å²) in [4.78, 5) is 43.2. The molecule has 2 heterocycles. The largest absolute Gasteiger partial charge is 0.482 e. The van der Waals surface area contributed by atoms with Crippen molar-refractivity contribution < 1.29 is 33.7 Å². The minimum atomic E-state index is -1.04. The third-order valence-corrected chi connectivity index (χ3v) is 9.66. The van der Waals surface area contributed by atoms with E-state index >= 15 is 0 Å². The maximum absolute atomic E-state index is 15.0. The summed E-state index contributed by atoms with van der Waals surface area (Å²) in [6, 6.07) is 24.1. The Labute approximate surface area is 299 Å². The summed E-state index contributed by atoms with van der Waals surface area (Å²) in [6.07, 6.45) is 5.21. The van der Waals surface area contributed by atoms with E-state index in [-0.39, 0.29) is 24.4 Å². The molecular formula is C41H49N3O7. The van der Waals surface area contributed by atoms with E-state index in [4.69, 9.17) is 19.3 Å². The normalized spacial score (nSPS) is 17.7. The van der Waals surface area contributed by atoms with E-state index in [1.165, 1.54) is 0 Å². The lowest BCUT2D eigenvalue weighted by Gasteiger charge is -2.40. The fraction of sp³-hybridized carbons (Fsp3) is 0.439. The molecule has 4 aromatic rings. The third kappa shape index (κ3) is 8.92. The summed E-state index contributed by atoms with van der Waals surface area (Å²) < 4.78 is 18.8. The number of hydrogen-bond donors (Lipinski definition) is 1. The highest BCUT2D eigenvalue weighted by Gasteiger charge is 2.43. The van der Waals surface area contributed by atoms with Gasteiger partial charge in [0.25, 0.3) is 0 Å². The van der Waals surface area contributed by atoms with Crippen LogP contribution in [0.2, 0.25) is 0 Å². The lowest BCUT2D eigenvalue weighted by molar-refractivity contribution is -0.140. The number of carbonyl (C=O) groups excluding carboxylic acids is 2. The van der Waals surface area contributed by atoms with Gasteiger partial charge in [-0.25, -0.2) is 9.59 Å². The van der Waals surface area contributed by atoms with Crippen LogP contribution in [0.25, 0.3) is 22.0 Å². The third-order valence-electron chi connectivity index (χ3n) is 9.66. The Morgan fingerprint density at radius 3 is 2.41 bits per heavy atom. The van der Waals surface area contributed by atoms with Crippen molar-refractivity contribution in [1.82, 2.24) is 14.4 Å². The van der Waals surface area contributed by atoms with Crippen LogP contribution in [-0.2, 0) is 32.2 Å². The van der Waals surface area contributed by atoms with Crippen molar-refractivity contribution in [1.29, 1.82) is 0 Å². The van der Waals surface area contributed by atoms with Crippen LogP contribution >= 0.6 is 0 Å². The molecule has 1 N–H and O–H groups in total. The van der Waals surface area contributed by atoms with E-state index in [0.29, 0.717) is 31.9 Å². The van der Waals surface area contributed by atoms with Crippen molar-refractivity contribution >= 4 is 28.9 Å². The van der Waals surface area contributed by atoms with E-state index < -0.39 is 30.2 Å². The summed E-state index contributed by atoms with van der Waals surface area (Å²) in [6.45, 7) is 7.89. The highest BCUT2D eigenvalue weighted by molar-refractivity contribution is 5.86. The number of fused-ring (bicyclic) bond motifs is 1. The van der Waals surface area contributed by atoms with Gasteiger partial charge in [0.2, 0.25) is 5.91 Å². The van der Waals surface area contributed by atoms with Crippen molar-refractivity contribution in [2.24, 2.45) is 5.92 Å². The summed E-state index contributed by atoms with van der Waals surface area (Å²) in [5.41, 5.74) is 4.46. The van der Waals surface area contributed by atoms with Crippen molar-refractivity contribution in [3.8, 4) is 16.9 Å². The van der Waals surface area contributed by atoms with Crippen LogP contribution in [-0.4, -0.2) is 82.5 Å². The van der Waals surface area contributed by atoms with E-state index in [1.54, 1.807) is 18.1 Å². The van der Waals surface area contributed by atoms with E-state index in [9.17, 15) is 14.4 Å². The Bertz CT molecular complexity index is 1860. The number of methoxy groups -OCH3 is 1. The van der Waals surface area contributed by atoms with Gasteiger partial charge in [0.05, 0.1) is 5.92 Å². The second kappa shape index (κ2) is 15.6. The Hall–Kier alpha value is -4.83. The number of aryl methyl sites for hydroxylation is 1. The molecule has 1 aliphatic heterocycles. The molecule has 1 saturated carbocycles. The number of benzene rings is 3. The second-order valence-electron chi connectivity index (χ2n) is 14.7. The molecule has 0 bridgehead atoms. The number of likely N-dealkylation sites (tertiary alicyclic amines) is 1. The van der Waals surface area contributed by atoms with Crippen LogP contribution in [0.15, 0.2) is 79.0 Å². The standard InChI is InChI=1S/C41H49N3O7/c1-41(2,3)51-40(48)43-20-18-34(30-12-7-10-28(22-30)29-11-8-13-33(23-29)50-27-38(45)46)36(26-43)39(47)44(32-16-17-32)25-31-24-42(19-9-21-49-4)37-15-6-5-14-35(31)37/h5-8,10-15,22-24,32,34,36H,9,16-21,25-27H2,1-4H3,(H,45,46)/t34-,36+/m1/s1. The molecule has 1 aliphatic carbocycles. The SMILES string of the molecule is COCCCn1cc(CN(C(=O)[C@H]2CN(C(=O)OC(C)(C)C)CC[C@@H]2c2cccc(-c3cccc(OCC(=O)O)c3)c2)C2CC2)c2ccccc21. The zero-order valence-corrected chi connectivity index (χ0v) is 30.0. The number of aromatic nitrogens is 1. The maximum Gasteiger partial charge on any atom is 0.410 e.